The first kappa shape index (κ1) is 22.1. The Kier molecular flexibility index (Phi) is 5.57. The van der Waals surface area contributed by atoms with Gasteiger partial charge in [0.15, 0.2) is 0 Å². The SMILES string of the molecule is CN(C)[C@]1(c2ccccc2)CC[C@]2(CC1)CN(CC(C)(C)C(N)=O)C(=O)N2CC1CC1. The number of nitrogens with two attached hydrogens (primary N) is 1. The lowest BCUT2D eigenvalue weighted by Crippen LogP contribution is -2.55. The second kappa shape index (κ2) is 7.80. The predicted molar refractivity (Wildman–Crippen MR) is 122 cm³/mol. The molecule has 0 atom stereocenters. The third-order valence-electron chi connectivity index (χ3n) is 8.13. The second-order valence-electron chi connectivity index (χ2n) is 11.0. The molecule has 6 heteroatoms. The fourth-order valence-electron chi connectivity index (χ4n) is 5.69. The number of amides is 3. The lowest BCUT2D eigenvalue weighted by Gasteiger charge is -2.51. The summed E-state index contributed by atoms with van der Waals surface area (Å²) in [5, 5.41) is 0. The van der Waals surface area contributed by atoms with E-state index >= 15 is 0 Å². The van der Waals surface area contributed by atoms with E-state index in [1.165, 1.54) is 18.4 Å². The summed E-state index contributed by atoms with van der Waals surface area (Å²) in [6.07, 6.45) is 6.44. The average Bonchev–Trinajstić information content (AvgIpc) is 3.52. The molecular weight excluding hydrogens is 388 g/mol. The summed E-state index contributed by atoms with van der Waals surface area (Å²) in [5.74, 6) is 0.286. The smallest absolute Gasteiger partial charge is 0.320 e. The van der Waals surface area contributed by atoms with Gasteiger partial charge in [-0.2, -0.15) is 0 Å². The van der Waals surface area contributed by atoms with Crippen LogP contribution >= 0.6 is 0 Å². The third-order valence-corrected chi connectivity index (χ3v) is 8.13. The molecule has 4 rings (SSSR count). The van der Waals surface area contributed by atoms with E-state index in [1.54, 1.807) is 0 Å². The van der Waals surface area contributed by atoms with Crippen molar-refractivity contribution in [3.63, 3.8) is 0 Å². The molecule has 170 valence electrons. The summed E-state index contributed by atoms with van der Waals surface area (Å²) < 4.78 is 0. The molecule has 1 spiro atoms. The first-order chi connectivity index (χ1) is 14.6. The number of primary amides is 1. The minimum atomic E-state index is -0.724. The molecule has 1 aromatic carbocycles. The van der Waals surface area contributed by atoms with Gasteiger partial charge in [-0.3, -0.25) is 9.69 Å². The standard InChI is InChI=1S/C25H38N4O2/c1-23(2,21(26)30)17-28-18-24(29(22(28)31)16-19-10-11-19)12-14-25(15-13-24,27(3)4)20-8-6-5-7-9-20/h5-9,19H,10-18H2,1-4H3,(H2,26,30)/t24-,25+. The molecule has 0 aromatic heterocycles. The average molecular weight is 427 g/mol. The molecule has 3 fully saturated rings. The maximum absolute atomic E-state index is 13.5. The van der Waals surface area contributed by atoms with Gasteiger partial charge in [0, 0.05) is 25.2 Å². The van der Waals surface area contributed by atoms with Gasteiger partial charge in [-0.15, -0.1) is 0 Å². The molecule has 31 heavy (non-hydrogen) atoms. The second-order valence-corrected chi connectivity index (χ2v) is 11.0. The molecule has 2 aliphatic carbocycles. The fraction of sp³-hybridized carbons (Fsp3) is 0.680. The molecular formula is C25H38N4O2. The fourth-order valence-corrected chi connectivity index (χ4v) is 5.69. The van der Waals surface area contributed by atoms with Crippen LogP contribution in [0.2, 0.25) is 0 Å². The molecule has 0 unspecified atom stereocenters. The van der Waals surface area contributed by atoms with E-state index in [0.717, 1.165) is 32.2 Å². The predicted octanol–water partition coefficient (Wildman–Crippen LogP) is 3.42. The first-order valence-electron chi connectivity index (χ1n) is 11.7. The van der Waals surface area contributed by atoms with Gasteiger partial charge in [0.25, 0.3) is 0 Å². The molecule has 2 N–H and O–H groups in total. The summed E-state index contributed by atoms with van der Waals surface area (Å²) in [4.78, 5) is 31.9. The van der Waals surface area contributed by atoms with Crippen LogP contribution in [-0.4, -0.2) is 65.9 Å². The largest absolute Gasteiger partial charge is 0.369 e. The Morgan fingerprint density at radius 3 is 2.26 bits per heavy atom. The van der Waals surface area contributed by atoms with Crippen LogP contribution < -0.4 is 5.73 Å². The van der Waals surface area contributed by atoms with Crippen molar-refractivity contribution >= 4 is 11.9 Å². The number of benzene rings is 1. The zero-order valence-corrected chi connectivity index (χ0v) is 19.6. The van der Waals surface area contributed by atoms with Gasteiger partial charge >= 0.3 is 6.03 Å². The van der Waals surface area contributed by atoms with Crippen molar-refractivity contribution in [1.29, 1.82) is 0 Å². The van der Waals surface area contributed by atoms with E-state index in [4.69, 9.17) is 5.73 Å². The van der Waals surface area contributed by atoms with Crippen LogP contribution in [0, 0.1) is 11.3 Å². The van der Waals surface area contributed by atoms with E-state index in [1.807, 2.05) is 18.7 Å². The molecule has 1 aliphatic heterocycles. The van der Waals surface area contributed by atoms with Crippen molar-refractivity contribution in [2.45, 2.75) is 63.5 Å². The highest BCUT2D eigenvalue weighted by molar-refractivity contribution is 5.83. The maximum Gasteiger partial charge on any atom is 0.320 e. The van der Waals surface area contributed by atoms with Gasteiger partial charge in [0.05, 0.1) is 11.0 Å². The Morgan fingerprint density at radius 2 is 1.74 bits per heavy atom. The van der Waals surface area contributed by atoms with Gasteiger partial charge in [-0.1, -0.05) is 30.3 Å². The zero-order chi connectivity index (χ0) is 22.4. The number of carbonyl (C=O) groups excluding carboxylic acids is 2. The summed E-state index contributed by atoms with van der Waals surface area (Å²) in [5.41, 5.74) is 6.13. The van der Waals surface area contributed by atoms with E-state index < -0.39 is 5.41 Å². The molecule has 3 amide bonds. The van der Waals surface area contributed by atoms with Crippen LogP contribution in [0.3, 0.4) is 0 Å². The lowest BCUT2D eigenvalue weighted by molar-refractivity contribution is -0.126. The van der Waals surface area contributed by atoms with Crippen molar-refractivity contribution in [3.8, 4) is 0 Å². The summed E-state index contributed by atoms with van der Waals surface area (Å²) in [6.45, 7) is 5.63. The molecule has 1 saturated heterocycles. The first-order valence-corrected chi connectivity index (χ1v) is 11.7. The van der Waals surface area contributed by atoms with Crippen molar-refractivity contribution in [2.24, 2.45) is 17.1 Å². The Bertz CT molecular complexity index is 823. The van der Waals surface area contributed by atoms with Gasteiger partial charge in [-0.25, -0.2) is 4.79 Å². The Morgan fingerprint density at radius 1 is 1.13 bits per heavy atom. The van der Waals surface area contributed by atoms with Crippen LogP contribution in [0.1, 0.15) is 57.9 Å². The number of carbonyl (C=O) groups is 2. The number of rotatable bonds is 7. The van der Waals surface area contributed by atoms with Gasteiger partial charge in [0.1, 0.15) is 0 Å². The Balaban J connectivity index is 1.59. The van der Waals surface area contributed by atoms with Crippen molar-refractivity contribution in [1.82, 2.24) is 14.7 Å². The van der Waals surface area contributed by atoms with E-state index in [9.17, 15) is 9.59 Å². The Hall–Kier alpha value is -2.08. The number of hydrogen-bond donors (Lipinski definition) is 1. The Labute approximate surface area is 186 Å². The molecule has 3 aliphatic rings. The van der Waals surface area contributed by atoms with E-state index in [-0.39, 0.29) is 23.0 Å². The van der Waals surface area contributed by atoms with Crippen LogP contribution in [0.4, 0.5) is 4.79 Å². The molecule has 0 bridgehead atoms. The van der Waals surface area contributed by atoms with Crippen molar-refractivity contribution in [3.05, 3.63) is 35.9 Å². The third kappa shape index (κ3) is 3.95. The summed E-state index contributed by atoms with van der Waals surface area (Å²) in [6, 6.07) is 10.9. The summed E-state index contributed by atoms with van der Waals surface area (Å²) >= 11 is 0. The monoisotopic (exact) mass is 426 g/mol. The van der Waals surface area contributed by atoms with Crippen LogP contribution in [0.5, 0.6) is 0 Å². The molecule has 0 radical (unpaired) electrons. The highest BCUT2D eigenvalue weighted by Crippen LogP contribution is 2.50. The van der Waals surface area contributed by atoms with E-state index in [2.05, 4.69) is 54.2 Å². The zero-order valence-electron chi connectivity index (χ0n) is 19.6. The van der Waals surface area contributed by atoms with Crippen LogP contribution in [0.25, 0.3) is 0 Å². The van der Waals surface area contributed by atoms with Crippen molar-refractivity contribution in [2.75, 3.05) is 33.7 Å². The van der Waals surface area contributed by atoms with Gasteiger partial charge in [0.2, 0.25) is 5.91 Å². The number of hydrogen-bond acceptors (Lipinski definition) is 3. The van der Waals surface area contributed by atoms with E-state index in [0.29, 0.717) is 19.0 Å². The minimum Gasteiger partial charge on any atom is -0.369 e. The highest BCUT2D eigenvalue weighted by Gasteiger charge is 2.55. The van der Waals surface area contributed by atoms with Crippen molar-refractivity contribution < 1.29 is 9.59 Å². The quantitative estimate of drug-likeness (QED) is 0.726. The molecule has 6 nitrogen and oxygen atoms in total. The lowest BCUT2D eigenvalue weighted by atomic mass is 9.68. The number of nitrogens with zero attached hydrogens (tertiary/aromatic N) is 3. The normalized spacial score (nSPS) is 29.3. The minimum absolute atomic E-state index is 0.000718. The maximum atomic E-state index is 13.5. The van der Waals surface area contributed by atoms with Gasteiger partial charge < -0.3 is 15.5 Å². The number of urea groups is 1. The summed E-state index contributed by atoms with van der Waals surface area (Å²) in [7, 11) is 4.35. The van der Waals surface area contributed by atoms with Crippen LogP contribution in [-0.2, 0) is 10.3 Å². The molecule has 1 aromatic rings. The highest BCUT2D eigenvalue weighted by atomic mass is 16.2. The molecule has 2 saturated carbocycles. The molecule has 1 heterocycles. The van der Waals surface area contributed by atoms with Gasteiger partial charge in [-0.05, 0) is 77.9 Å². The van der Waals surface area contributed by atoms with Crippen LogP contribution in [0.15, 0.2) is 30.3 Å². The topological polar surface area (TPSA) is 69.9 Å².